The van der Waals surface area contributed by atoms with Gasteiger partial charge in [-0.25, -0.2) is 14.2 Å². The topological polar surface area (TPSA) is 125 Å². The molecule has 2 N–H and O–H groups in total. The number of carbonyl (C=O) groups is 4. The Labute approximate surface area is 210 Å². The number of H-pyrrole nitrogens is 1. The van der Waals surface area contributed by atoms with Crippen LogP contribution in [0.5, 0.6) is 0 Å². The van der Waals surface area contributed by atoms with Gasteiger partial charge in [0.05, 0.1) is 22.3 Å². The summed E-state index contributed by atoms with van der Waals surface area (Å²) < 4.78 is 20.1. The average molecular weight is 516 g/mol. The first kappa shape index (κ1) is 25.3. The Hall–Kier alpha value is -3.80. The van der Waals surface area contributed by atoms with Gasteiger partial charge in [-0.3, -0.25) is 19.7 Å². The van der Waals surface area contributed by atoms with Crippen LogP contribution in [0.4, 0.5) is 14.3 Å². The summed E-state index contributed by atoms with van der Waals surface area (Å²) in [5.74, 6) is -2.98. The summed E-state index contributed by atoms with van der Waals surface area (Å²) >= 11 is 1.25. The van der Waals surface area contributed by atoms with Crippen molar-refractivity contribution in [2.75, 3.05) is 31.5 Å². The molecule has 0 bridgehead atoms. The van der Waals surface area contributed by atoms with Crippen LogP contribution in [0.1, 0.15) is 47.2 Å². The van der Waals surface area contributed by atoms with Gasteiger partial charge in [-0.1, -0.05) is 0 Å². The second-order valence-corrected chi connectivity index (χ2v) is 10.2. The number of benzene rings is 1. The Morgan fingerprint density at radius 1 is 1.08 bits per heavy atom. The molecular formula is C24H26FN5O5S. The predicted octanol–water partition coefficient (Wildman–Crippen LogP) is 3.59. The van der Waals surface area contributed by atoms with Gasteiger partial charge in [-0.2, -0.15) is 0 Å². The number of carbonyl (C=O) groups excluding carboxylic acids is 4. The molecule has 0 atom stereocenters. The van der Waals surface area contributed by atoms with Crippen LogP contribution in [0.3, 0.4) is 0 Å². The normalized spacial score (nSPS) is 14.1. The summed E-state index contributed by atoms with van der Waals surface area (Å²) in [6, 6.07) is 2.38. The summed E-state index contributed by atoms with van der Waals surface area (Å²) in [5, 5.41) is 4.68. The maximum Gasteiger partial charge on any atom is 0.410 e. The Morgan fingerprint density at radius 2 is 1.75 bits per heavy atom. The highest BCUT2D eigenvalue weighted by Crippen LogP contribution is 2.27. The van der Waals surface area contributed by atoms with Crippen molar-refractivity contribution < 1.29 is 28.3 Å². The minimum Gasteiger partial charge on any atom is -0.444 e. The van der Waals surface area contributed by atoms with Crippen LogP contribution in [0.15, 0.2) is 23.7 Å². The van der Waals surface area contributed by atoms with Crippen LogP contribution in [0.2, 0.25) is 0 Å². The number of aromatic nitrogens is 2. The van der Waals surface area contributed by atoms with Gasteiger partial charge in [0.15, 0.2) is 5.13 Å². The third kappa shape index (κ3) is 5.23. The van der Waals surface area contributed by atoms with Crippen molar-refractivity contribution in [3.63, 3.8) is 0 Å². The second kappa shape index (κ2) is 9.69. The number of hydrogen-bond acceptors (Lipinski definition) is 7. The number of aryl methyl sites for hydroxylation is 1. The van der Waals surface area contributed by atoms with Crippen molar-refractivity contribution in [2.45, 2.75) is 33.3 Å². The molecule has 4 rings (SSSR count). The number of nitrogens with zero attached hydrogens (tertiary/aromatic N) is 3. The highest BCUT2D eigenvalue weighted by Gasteiger charge is 2.32. The van der Waals surface area contributed by atoms with E-state index in [1.165, 1.54) is 33.4 Å². The fraction of sp³-hybridized carbons (Fsp3) is 0.375. The molecule has 2 aromatic heterocycles. The molecule has 0 spiro atoms. The number of anilines is 1. The molecular weight excluding hydrogens is 489 g/mol. The molecule has 1 aliphatic rings. The molecule has 10 nitrogen and oxygen atoms in total. The lowest BCUT2D eigenvalue weighted by Crippen LogP contribution is -2.53. The van der Waals surface area contributed by atoms with E-state index in [1.807, 2.05) is 0 Å². The first-order valence-corrected chi connectivity index (χ1v) is 12.2. The summed E-state index contributed by atoms with van der Waals surface area (Å²) in [5.41, 5.74) is 0.150. The van der Waals surface area contributed by atoms with Crippen LogP contribution in [0.25, 0.3) is 10.9 Å². The van der Waals surface area contributed by atoms with E-state index < -0.39 is 35.1 Å². The fourth-order valence-corrected chi connectivity index (χ4v) is 4.51. The number of rotatable bonds is 4. The molecule has 190 valence electrons. The Balaban J connectivity index is 1.50. The zero-order chi connectivity index (χ0) is 26.2. The number of Topliss-reactive ketones (excluding diaryl/α,β-unsaturated/α-hetero) is 1. The molecule has 0 saturated carbocycles. The number of ether oxygens (including phenoxy) is 1. The lowest BCUT2D eigenvalue weighted by atomic mass is 10.0. The van der Waals surface area contributed by atoms with Crippen LogP contribution in [0, 0.1) is 12.7 Å². The number of aromatic amines is 1. The Bertz CT molecular complexity index is 1350. The number of ketones is 1. The maximum absolute atomic E-state index is 14.8. The molecule has 3 aromatic rings. The van der Waals surface area contributed by atoms with Crippen molar-refractivity contribution in [1.29, 1.82) is 0 Å². The van der Waals surface area contributed by atoms with Crippen molar-refractivity contribution in [1.82, 2.24) is 19.8 Å². The zero-order valence-electron chi connectivity index (χ0n) is 20.3. The van der Waals surface area contributed by atoms with E-state index in [2.05, 4.69) is 15.3 Å². The van der Waals surface area contributed by atoms with Crippen molar-refractivity contribution in [2.24, 2.45) is 0 Å². The molecule has 0 aliphatic carbocycles. The standard InChI is InChI=1S/C24H26FN5O5S/c1-13-12-36-22(27-13)28-20(32)14-5-6-16(25)17-15(11-26-18(14)17)19(31)21(33)29-7-9-30(10-8-29)23(34)35-24(2,3)4/h5-6,11-12,26H,7-10H2,1-4H3,(H,27,28,32). The van der Waals surface area contributed by atoms with Crippen LogP contribution >= 0.6 is 11.3 Å². The minimum absolute atomic E-state index is 0.103. The van der Waals surface area contributed by atoms with Crippen molar-refractivity contribution >= 4 is 51.1 Å². The second-order valence-electron chi connectivity index (χ2n) is 9.38. The number of piperazine rings is 1. The lowest BCUT2D eigenvalue weighted by Gasteiger charge is -2.35. The largest absolute Gasteiger partial charge is 0.444 e. The number of thiazole rings is 1. The highest BCUT2D eigenvalue weighted by atomic mass is 32.1. The Morgan fingerprint density at radius 3 is 2.36 bits per heavy atom. The highest BCUT2D eigenvalue weighted by molar-refractivity contribution is 7.14. The lowest BCUT2D eigenvalue weighted by molar-refractivity contribution is -0.128. The molecule has 0 radical (unpaired) electrons. The van der Waals surface area contributed by atoms with E-state index in [0.717, 1.165) is 11.8 Å². The van der Waals surface area contributed by atoms with Crippen LogP contribution < -0.4 is 5.32 Å². The van der Waals surface area contributed by atoms with E-state index in [0.29, 0.717) is 5.13 Å². The van der Waals surface area contributed by atoms with Crippen LogP contribution in [-0.4, -0.2) is 75.2 Å². The molecule has 1 saturated heterocycles. The van der Waals surface area contributed by atoms with Gasteiger partial charge in [0, 0.05) is 43.1 Å². The first-order valence-electron chi connectivity index (χ1n) is 11.3. The number of nitrogens with one attached hydrogen (secondary N) is 2. The van der Waals surface area contributed by atoms with Crippen molar-refractivity contribution in [3.05, 3.63) is 46.3 Å². The molecule has 3 heterocycles. The van der Waals surface area contributed by atoms with Gasteiger partial charge in [0.2, 0.25) is 0 Å². The van der Waals surface area contributed by atoms with E-state index in [-0.39, 0.29) is 48.2 Å². The SMILES string of the molecule is Cc1csc(NC(=O)c2ccc(F)c3c(C(=O)C(=O)N4CCN(C(=O)OC(C)(C)C)CC4)c[nH]c23)n1. The molecule has 1 aliphatic heterocycles. The van der Waals surface area contributed by atoms with E-state index in [1.54, 1.807) is 33.1 Å². The third-order valence-corrected chi connectivity index (χ3v) is 6.40. The number of fused-ring (bicyclic) bond motifs is 1. The number of halogens is 1. The van der Waals surface area contributed by atoms with Gasteiger partial charge in [-0.15, -0.1) is 11.3 Å². The summed E-state index contributed by atoms with van der Waals surface area (Å²) in [4.78, 5) is 60.8. The summed E-state index contributed by atoms with van der Waals surface area (Å²) in [7, 11) is 0. The molecule has 12 heteroatoms. The van der Waals surface area contributed by atoms with E-state index in [4.69, 9.17) is 4.74 Å². The van der Waals surface area contributed by atoms with Gasteiger partial charge in [0.25, 0.3) is 17.6 Å². The third-order valence-electron chi connectivity index (χ3n) is 5.53. The molecule has 1 fully saturated rings. The van der Waals surface area contributed by atoms with Gasteiger partial charge in [-0.05, 0) is 39.8 Å². The predicted molar refractivity (Wildman–Crippen MR) is 132 cm³/mol. The van der Waals surface area contributed by atoms with Gasteiger partial charge < -0.3 is 19.5 Å². The molecule has 3 amide bonds. The first-order chi connectivity index (χ1) is 16.9. The molecule has 36 heavy (non-hydrogen) atoms. The fourth-order valence-electron chi connectivity index (χ4n) is 3.83. The summed E-state index contributed by atoms with van der Waals surface area (Å²) in [6.07, 6.45) is 0.744. The zero-order valence-corrected chi connectivity index (χ0v) is 21.1. The number of hydrogen-bond donors (Lipinski definition) is 2. The van der Waals surface area contributed by atoms with Gasteiger partial charge in [0.1, 0.15) is 11.4 Å². The minimum atomic E-state index is -0.904. The van der Waals surface area contributed by atoms with Crippen LogP contribution in [-0.2, 0) is 9.53 Å². The summed E-state index contributed by atoms with van der Waals surface area (Å²) in [6.45, 7) is 7.76. The Kier molecular flexibility index (Phi) is 6.81. The maximum atomic E-state index is 14.8. The number of amides is 3. The van der Waals surface area contributed by atoms with Gasteiger partial charge >= 0.3 is 6.09 Å². The van der Waals surface area contributed by atoms with E-state index >= 15 is 0 Å². The quantitative estimate of drug-likeness (QED) is 0.404. The smallest absolute Gasteiger partial charge is 0.410 e. The van der Waals surface area contributed by atoms with Crippen molar-refractivity contribution in [3.8, 4) is 0 Å². The molecule has 0 unspecified atom stereocenters. The monoisotopic (exact) mass is 515 g/mol. The van der Waals surface area contributed by atoms with E-state index in [9.17, 15) is 23.6 Å². The molecule has 1 aromatic carbocycles. The average Bonchev–Trinajstić information content (AvgIpc) is 3.44.